The second kappa shape index (κ2) is 11.1. The molecule has 2 aliphatic heterocycles. The lowest BCUT2D eigenvalue weighted by Crippen LogP contribution is -2.55. The summed E-state index contributed by atoms with van der Waals surface area (Å²) in [4.78, 5) is 11.8. The molecule has 0 bridgehead atoms. The number of benzene rings is 3. The molecule has 206 valence electrons. The third-order valence-electron chi connectivity index (χ3n) is 7.56. The smallest absolute Gasteiger partial charge is 0.143 e. The predicted molar refractivity (Wildman–Crippen MR) is 162 cm³/mol. The fourth-order valence-electron chi connectivity index (χ4n) is 5.36. The number of fused-ring (bicyclic) bond motifs is 4. The van der Waals surface area contributed by atoms with E-state index in [2.05, 4.69) is 65.6 Å². The lowest BCUT2D eigenvalue weighted by molar-refractivity contribution is 0.247. The average Bonchev–Trinajstić information content (AvgIpc) is 3.33. The number of nitrogens with one attached hydrogen (secondary N) is 2. The zero-order valence-electron chi connectivity index (χ0n) is 23.6. The highest BCUT2D eigenvalue weighted by molar-refractivity contribution is 6.10. The molecule has 4 aromatic rings. The summed E-state index contributed by atoms with van der Waals surface area (Å²) >= 11 is 0. The first-order valence-corrected chi connectivity index (χ1v) is 13.9. The van der Waals surface area contributed by atoms with Gasteiger partial charge in [-0.15, -0.1) is 0 Å². The lowest BCUT2D eigenvalue weighted by atomic mass is 10.0. The van der Waals surface area contributed by atoms with Gasteiger partial charge in [0.25, 0.3) is 0 Å². The topological polar surface area (TPSA) is 75.9 Å². The van der Waals surface area contributed by atoms with E-state index in [1.807, 2.05) is 54.5 Å². The molecule has 3 heterocycles. The van der Waals surface area contributed by atoms with E-state index in [1.165, 1.54) is 0 Å². The van der Waals surface area contributed by atoms with Crippen LogP contribution < -0.4 is 25.0 Å². The van der Waals surface area contributed by atoms with Gasteiger partial charge in [-0.25, -0.2) is 9.98 Å². The van der Waals surface area contributed by atoms with E-state index in [0.717, 1.165) is 88.2 Å². The van der Waals surface area contributed by atoms with Gasteiger partial charge in [-0.2, -0.15) is 0 Å². The van der Waals surface area contributed by atoms with Crippen LogP contribution in [0.15, 0.2) is 72.1 Å². The van der Waals surface area contributed by atoms with Crippen molar-refractivity contribution in [3.05, 3.63) is 83.8 Å². The standard InChI is InChI=1S/C32H36N6O2/c1-5-6-11-34-32(26-17-29-31(15-21(26)2)39-19-24-18-33-12-13-38(24)29)36-23-7-10-30(22(3)14-23)40-25-8-9-28-27(16-25)35-20-37(28)4/h6-11,14-17,20,24,33H,5,12-13,18-19H2,1-4H3,(H,34,36)/b11-6+. The van der Waals surface area contributed by atoms with Gasteiger partial charge in [-0.05, 0) is 73.9 Å². The van der Waals surface area contributed by atoms with E-state index < -0.39 is 0 Å². The van der Waals surface area contributed by atoms with Crippen LogP contribution in [0.5, 0.6) is 17.2 Å². The van der Waals surface area contributed by atoms with Crippen LogP contribution in [0.25, 0.3) is 11.0 Å². The van der Waals surface area contributed by atoms with Crippen LogP contribution in [0.4, 0.5) is 11.4 Å². The van der Waals surface area contributed by atoms with E-state index >= 15 is 0 Å². The summed E-state index contributed by atoms with van der Waals surface area (Å²) in [5, 5.41) is 7.07. The molecule has 2 aliphatic rings. The van der Waals surface area contributed by atoms with Crippen LogP contribution in [-0.2, 0) is 7.05 Å². The molecule has 0 aliphatic carbocycles. The van der Waals surface area contributed by atoms with Crippen LogP contribution in [0.3, 0.4) is 0 Å². The number of aryl methyl sites for hydroxylation is 3. The Morgan fingerprint density at radius 3 is 2.92 bits per heavy atom. The highest BCUT2D eigenvalue weighted by Crippen LogP contribution is 2.37. The number of anilines is 2. The van der Waals surface area contributed by atoms with Crippen LogP contribution in [0.2, 0.25) is 0 Å². The zero-order chi connectivity index (χ0) is 27.6. The number of aromatic nitrogens is 2. The van der Waals surface area contributed by atoms with Crippen LogP contribution in [0.1, 0.15) is 30.0 Å². The maximum atomic E-state index is 6.24. The van der Waals surface area contributed by atoms with Gasteiger partial charge in [0.15, 0.2) is 0 Å². The van der Waals surface area contributed by atoms with E-state index in [0.29, 0.717) is 12.6 Å². The minimum atomic E-state index is 0.346. The van der Waals surface area contributed by atoms with Crippen molar-refractivity contribution < 1.29 is 9.47 Å². The summed E-state index contributed by atoms with van der Waals surface area (Å²) < 4.78 is 14.4. The van der Waals surface area contributed by atoms with Gasteiger partial charge in [-0.1, -0.05) is 13.0 Å². The highest BCUT2D eigenvalue weighted by atomic mass is 16.5. The number of hydrogen-bond donors (Lipinski definition) is 2. The fourth-order valence-corrected chi connectivity index (χ4v) is 5.36. The minimum Gasteiger partial charge on any atom is -0.489 e. The second-order valence-corrected chi connectivity index (χ2v) is 10.5. The molecule has 1 fully saturated rings. The molecule has 1 unspecified atom stereocenters. The molecule has 3 aromatic carbocycles. The van der Waals surface area contributed by atoms with E-state index in [-0.39, 0.29) is 0 Å². The number of piperazine rings is 1. The van der Waals surface area contributed by atoms with Crippen molar-refractivity contribution in [2.75, 3.05) is 36.5 Å². The lowest BCUT2D eigenvalue weighted by Gasteiger charge is -2.42. The second-order valence-electron chi connectivity index (χ2n) is 10.5. The average molecular weight is 537 g/mol. The monoisotopic (exact) mass is 536 g/mol. The Morgan fingerprint density at radius 2 is 2.08 bits per heavy atom. The summed E-state index contributed by atoms with van der Waals surface area (Å²) in [5.74, 6) is 3.32. The van der Waals surface area contributed by atoms with Crippen LogP contribution in [-0.4, -0.2) is 47.7 Å². The number of aliphatic imine (C=N–C) groups is 1. The molecular weight excluding hydrogens is 500 g/mol. The minimum absolute atomic E-state index is 0.346. The molecule has 0 saturated carbocycles. The zero-order valence-corrected chi connectivity index (χ0v) is 23.6. The van der Waals surface area contributed by atoms with Crippen LogP contribution >= 0.6 is 0 Å². The fraction of sp³-hybridized carbons (Fsp3) is 0.312. The molecule has 1 saturated heterocycles. The van der Waals surface area contributed by atoms with Gasteiger partial charge >= 0.3 is 0 Å². The Balaban J connectivity index is 1.28. The summed E-state index contributed by atoms with van der Waals surface area (Å²) in [6, 6.07) is 16.8. The number of amidine groups is 1. The first-order valence-electron chi connectivity index (χ1n) is 13.9. The summed E-state index contributed by atoms with van der Waals surface area (Å²) in [6.07, 6.45) is 6.68. The maximum absolute atomic E-state index is 6.24. The quantitative estimate of drug-likeness (QED) is 0.235. The third-order valence-corrected chi connectivity index (χ3v) is 7.56. The van der Waals surface area contributed by atoms with Gasteiger partial charge in [0.2, 0.25) is 0 Å². The van der Waals surface area contributed by atoms with Crippen molar-refractivity contribution in [3.8, 4) is 17.2 Å². The molecule has 1 aromatic heterocycles. The normalized spacial score (nSPS) is 17.1. The Hall–Kier alpha value is -4.30. The number of nitrogens with zero attached hydrogens (tertiary/aromatic N) is 4. The molecule has 0 amide bonds. The SMILES string of the molecule is CC/C=C/N=C(Nc1ccc(Oc2ccc3c(c2)ncn3C)c(C)c1)c1cc2c(cc1C)OCC1CNCCN21. The third kappa shape index (κ3) is 5.14. The van der Waals surface area contributed by atoms with Crippen molar-refractivity contribution in [2.24, 2.45) is 12.0 Å². The molecule has 40 heavy (non-hydrogen) atoms. The molecule has 6 rings (SSSR count). The Labute approximate surface area is 235 Å². The molecule has 0 spiro atoms. The number of allylic oxidation sites excluding steroid dienone is 1. The first kappa shape index (κ1) is 26.0. The Bertz CT molecular complexity index is 1600. The largest absolute Gasteiger partial charge is 0.489 e. The van der Waals surface area contributed by atoms with Crippen LogP contribution in [0, 0.1) is 13.8 Å². The number of imidazole rings is 1. The van der Waals surface area contributed by atoms with Crippen molar-refractivity contribution in [2.45, 2.75) is 33.2 Å². The van der Waals surface area contributed by atoms with Crippen molar-refractivity contribution in [3.63, 3.8) is 0 Å². The maximum Gasteiger partial charge on any atom is 0.143 e. The Morgan fingerprint density at radius 1 is 1.18 bits per heavy atom. The molecule has 2 N–H and O–H groups in total. The van der Waals surface area contributed by atoms with Gasteiger partial charge in [-0.3, -0.25) is 0 Å². The van der Waals surface area contributed by atoms with E-state index in [4.69, 9.17) is 14.5 Å². The van der Waals surface area contributed by atoms with E-state index in [9.17, 15) is 0 Å². The van der Waals surface area contributed by atoms with Crippen molar-refractivity contribution >= 4 is 28.2 Å². The van der Waals surface area contributed by atoms with Gasteiger partial charge in [0.05, 0.1) is 29.1 Å². The molecule has 1 atom stereocenters. The molecule has 8 nitrogen and oxygen atoms in total. The summed E-state index contributed by atoms with van der Waals surface area (Å²) in [7, 11) is 1.99. The highest BCUT2D eigenvalue weighted by Gasteiger charge is 2.30. The number of ether oxygens (including phenoxy) is 2. The van der Waals surface area contributed by atoms with Gasteiger partial charge in [0.1, 0.15) is 29.7 Å². The van der Waals surface area contributed by atoms with E-state index in [1.54, 1.807) is 0 Å². The molecule has 8 heteroatoms. The van der Waals surface area contributed by atoms with Gasteiger partial charge in [0, 0.05) is 50.2 Å². The first-order chi connectivity index (χ1) is 19.5. The molecule has 0 radical (unpaired) electrons. The number of rotatable bonds is 6. The summed E-state index contributed by atoms with van der Waals surface area (Å²) in [5.41, 5.74) is 7.26. The predicted octanol–water partition coefficient (Wildman–Crippen LogP) is 5.94. The molecular formula is C32H36N6O2. The van der Waals surface area contributed by atoms with Crippen molar-refractivity contribution in [1.82, 2.24) is 14.9 Å². The number of hydrogen-bond acceptors (Lipinski definition) is 6. The van der Waals surface area contributed by atoms with Gasteiger partial charge < -0.3 is 29.6 Å². The summed E-state index contributed by atoms with van der Waals surface area (Å²) in [6.45, 7) is 9.86. The Kier molecular flexibility index (Phi) is 7.17. The van der Waals surface area contributed by atoms with Crippen molar-refractivity contribution in [1.29, 1.82) is 0 Å².